The lowest BCUT2D eigenvalue weighted by Crippen LogP contribution is -2.45. The highest BCUT2D eigenvalue weighted by Crippen LogP contribution is 2.27. The van der Waals surface area contributed by atoms with Crippen LogP contribution in [-0.2, 0) is 4.79 Å². The van der Waals surface area contributed by atoms with E-state index in [4.69, 9.17) is 0 Å². The molecule has 2 rings (SSSR count). The second-order valence-electron chi connectivity index (χ2n) is 6.15. The van der Waals surface area contributed by atoms with Crippen LogP contribution in [0.1, 0.15) is 39.0 Å². The SMILES string of the molecule is CCNC(=NCCSC)NC1CCN(C(=O)C2CCCC2)C1. The van der Waals surface area contributed by atoms with Gasteiger partial charge in [-0.3, -0.25) is 9.79 Å². The Labute approximate surface area is 138 Å². The van der Waals surface area contributed by atoms with E-state index in [1.165, 1.54) is 12.8 Å². The molecule has 1 heterocycles. The normalized spacial score (nSPS) is 23.1. The van der Waals surface area contributed by atoms with Gasteiger partial charge in [0, 0.05) is 37.3 Å². The molecule has 5 nitrogen and oxygen atoms in total. The molecule has 0 bridgehead atoms. The van der Waals surface area contributed by atoms with Crippen LogP contribution in [0.15, 0.2) is 4.99 Å². The van der Waals surface area contributed by atoms with Crippen molar-refractivity contribution in [1.82, 2.24) is 15.5 Å². The molecule has 1 saturated carbocycles. The Morgan fingerprint density at radius 3 is 2.77 bits per heavy atom. The molecular weight excluding hydrogens is 296 g/mol. The van der Waals surface area contributed by atoms with Gasteiger partial charge in [-0.1, -0.05) is 12.8 Å². The molecule has 0 aromatic rings. The van der Waals surface area contributed by atoms with Crippen LogP contribution in [0.3, 0.4) is 0 Å². The van der Waals surface area contributed by atoms with Crippen molar-refractivity contribution in [1.29, 1.82) is 0 Å². The van der Waals surface area contributed by atoms with E-state index in [0.29, 0.717) is 17.9 Å². The number of nitrogens with zero attached hydrogens (tertiary/aromatic N) is 2. The lowest BCUT2D eigenvalue weighted by molar-refractivity contribution is -0.134. The standard InChI is InChI=1S/C16H30N4OS/c1-3-17-16(18-9-11-22-2)19-14-8-10-20(12-14)15(21)13-6-4-5-7-13/h13-14H,3-12H2,1-2H3,(H2,17,18,19). The number of amides is 1. The van der Waals surface area contributed by atoms with Gasteiger partial charge in [-0.05, 0) is 32.4 Å². The number of nitrogens with one attached hydrogen (secondary N) is 2. The fourth-order valence-electron chi connectivity index (χ4n) is 3.27. The molecule has 1 aliphatic carbocycles. The van der Waals surface area contributed by atoms with E-state index < -0.39 is 0 Å². The molecule has 1 saturated heterocycles. The minimum atomic E-state index is 0.294. The summed E-state index contributed by atoms with van der Waals surface area (Å²) < 4.78 is 0. The van der Waals surface area contributed by atoms with Gasteiger partial charge in [-0.2, -0.15) is 11.8 Å². The first-order chi connectivity index (χ1) is 10.7. The van der Waals surface area contributed by atoms with E-state index in [1.54, 1.807) is 0 Å². The van der Waals surface area contributed by atoms with E-state index in [0.717, 1.165) is 57.2 Å². The van der Waals surface area contributed by atoms with Gasteiger partial charge >= 0.3 is 0 Å². The Kier molecular flexibility index (Phi) is 7.36. The smallest absolute Gasteiger partial charge is 0.225 e. The molecule has 0 aromatic carbocycles. The summed E-state index contributed by atoms with van der Waals surface area (Å²) in [7, 11) is 0. The van der Waals surface area contributed by atoms with E-state index in [9.17, 15) is 4.79 Å². The molecule has 2 N–H and O–H groups in total. The predicted octanol–water partition coefficient (Wildman–Crippen LogP) is 1.70. The van der Waals surface area contributed by atoms with Gasteiger partial charge in [-0.25, -0.2) is 0 Å². The number of likely N-dealkylation sites (tertiary alicyclic amines) is 1. The van der Waals surface area contributed by atoms with Crippen LogP contribution in [0.5, 0.6) is 0 Å². The first-order valence-electron chi connectivity index (χ1n) is 8.57. The maximum Gasteiger partial charge on any atom is 0.225 e. The van der Waals surface area contributed by atoms with Crippen molar-refractivity contribution in [3.05, 3.63) is 0 Å². The third kappa shape index (κ3) is 5.07. The Bertz CT molecular complexity index is 382. The number of hydrogen-bond donors (Lipinski definition) is 2. The van der Waals surface area contributed by atoms with Crippen LogP contribution in [0.2, 0.25) is 0 Å². The number of carbonyl (C=O) groups excluding carboxylic acids is 1. The number of hydrogen-bond acceptors (Lipinski definition) is 3. The third-order valence-electron chi connectivity index (χ3n) is 4.45. The van der Waals surface area contributed by atoms with Gasteiger partial charge < -0.3 is 15.5 Å². The van der Waals surface area contributed by atoms with Crippen molar-refractivity contribution in [3.63, 3.8) is 0 Å². The van der Waals surface area contributed by atoms with Crippen LogP contribution in [0.4, 0.5) is 0 Å². The van der Waals surface area contributed by atoms with Crippen LogP contribution >= 0.6 is 11.8 Å². The molecule has 2 aliphatic rings. The molecule has 0 spiro atoms. The van der Waals surface area contributed by atoms with Gasteiger partial charge in [0.25, 0.3) is 0 Å². The lowest BCUT2D eigenvalue weighted by atomic mass is 10.1. The molecule has 1 atom stereocenters. The molecule has 1 amide bonds. The molecule has 22 heavy (non-hydrogen) atoms. The maximum absolute atomic E-state index is 12.5. The lowest BCUT2D eigenvalue weighted by Gasteiger charge is -2.21. The average Bonchev–Trinajstić information content (AvgIpc) is 3.18. The fraction of sp³-hybridized carbons (Fsp3) is 0.875. The van der Waals surface area contributed by atoms with Gasteiger partial charge in [0.1, 0.15) is 0 Å². The molecular formula is C16H30N4OS. The summed E-state index contributed by atoms with van der Waals surface area (Å²) in [5.74, 6) is 2.60. The molecule has 1 aliphatic heterocycles. The van der Waals surface area contributed by atoms with Gasteiger partial charge in [-0.15, -0.1) is 0 Å². The van der Waals surface area contributed by atoms with Crippen molar-refractivity contribution in [2.45, 2.75) is 45.1 Å². The molecule has 0 aromatic heterocycles. The monoisotopic (exact) mass is 326 g/mol. The topological polar surface area (TPSA) is 56.7 Å². The van der Waals surface area contributed by atoms with Crippen molar-refractivity contribution in [2.24, 2.45) is 10.9 Å². The zero-order chi connectivity index (χ0) is 15.8. The first-order valence-corrected chi connectivity index (χ1v) is 9.96. The second kappa shape index (κ2) is 9.28. The summed E-state index contributed by atoms with van der Waals surface area (Å²) in [6.45, 7) is 5.48. The Hall–Kier alpha value is -0.910. The van der Waals surface area contributed by atoms with E-state index in [-0.39, 0.29) is 0 Å². The highest BCUT2D eigenvalue weighted by atomic mass is 32.2. The Morgan fingerprint density at radius 1 is 1.32 bits per heavy atom. The quantitative estimate of drug-likeness (QED) is 0.443. The highest BCUT2D eigenvalue weighted by Gasteiger charge is 2.32. The average molecular weight is 327 g/mol. The third-order valence-corrected chi connectivity index (χ3v) is 5.05. The summed E-state index contributed by atoms with van der Waals surface area (Å²) in [5.41, 5.74) is 0. The van der Waals surface area contributed by atoms with E-state index in [1.807, 2.05) is 11.8 Å². The summed E-state index contributed by atoms with van der Waals surface area (Å²) in [4.78, 5) is 19.1. The second-order valence-corrected chi connectivity index (χ2v) is 7.13. The summed E-state index contributed by atoms with van der Waals surface area (Å²) in [5, 5.41) is 6.78. The molecule has 2 fully saturated rings. The summed E-state index contributed by atoms with van der Waals surface area (Å²) >= 11 is 1.81. The van der Waals surface area contributed by atoms with Crippen LogP contribution in [0.25, 0.3) is 0 Å². The van der Waals surface area contributed by atoms with Crippen LogP contribution in [0, 0.1) is 5.92 Å². The number of thioether (sulfide) groups is 1. The maximum atomic E-state index is 12.5. The fourth-order valence-corrected chi connectivity index (χ4v) is 3.55. The zero-order valence-electron chi connectivity index (χ0n) is 13.9. The molecule has 126 valence electrons. The molecule has 0 radical (unpaired) electrons. The van der Waals surface area contributed by atoms with E-state index >= 15 is 0 Å². The van der Waals surface area contributed by atoms with Crippen molar-refractivity contribution < 1.29 is 4.79 Å². The number of aliphatic imine (C=N–C) groups is 1. The van der Waals surface area contributed by atoms with Crippen molar-refractivity contribution >= 4 is 23.6 Å². The largest absolute Gasteiger partial charge is 0.357 e. The summed E-state index contributed by atoms with van der Waals surface area (Å²) in [6.07, 6.45) is 7.74. The Morgan fingerprint density at radius 2 is 2.09 bits per heavy atom. The summed E-state index contributed by atoms with van der Waals surface area (Å²) in [6, 6.07) is 0.331. The number of carbonyl (C=O) groups is 1. The Balaban J connectivity index is 1.80. The van der Waals surface area contributed by atoms with Gasteiger partial charge in [0.2, 0.25) is 5.91 Å². The number of guanidine groups is 1. The van der Waals surface area contributed by atoms with Gasteiger partial charge in [0.15, 0.2) is 5.96 Å². The molecule has 6 heteroatoms. The van der Waals surface area contributed by atoms with Crippen molar-refractivity contribution in [2.75, 3.05) is 38.2 Å². The van der Waals surface area contributed by atoms with E-state index in [2.05, 4.69) is 33.7 Å². The van der Waals surface area contributed by atoms with Gasteiger partial charge in [0.05, 0.1) is 6.54 Å². The minimum Gasteiger partial charge on any atom is -0.357 e. The van der Waals surface area contributed by atoms with Crippen molar-refractivity contribution in [3.8, 4) is 0 Å². The predicted molar refractivity (Wildman–Crippen MR) is 94.4 cm³/mol. The first kappa shape index (κ1) is 17.4. The minimum absolute atomic E-state index is 0.294. The molecule has 1 unspecified atom stereocenters. The van der Waals surface area contributed by atoms with Crippen LogP contribution < -0.4 is 10.6 Å². The van der Waals surface area contributed by atoms with Crippen LogP contribution in [-0.4, -0.2) is 61.0 Å². The highest BCUT2D eigenvalue weighted by molar-refractivity contribution is 7.98. The zero-order valence-corrected chi connectivity index (χ0v) is 14.8. The number of rotatable bonds is 6.